The third kappa shape index (κ3) is 3.05. The zero-order valence-corrected chi connectivity index (χ0v) is 10.4. The van der Waals surface area contributed by atoms with E-state index >= 15 is 0 Å². The number of ether oxygens (including phenoxy) is 1. The van der Waals surface area contributed by atoms with Crippen molar-refractivity contribution in [3.05, 3.63) is 17.0 Å². The highest BCUT2D eigenvalue weighted by molar-refractivity contribution is 5.97. The van der Waals surface area contributed by atoms with Crippen LogP contribution in [-0.4, -0.2) is 42.1 Å². The Morgan fingerprint density at radius 1 is 1.41 bits per heavy atom. The summed E-state index contributed by atoms with van der Waals surface area (Å²) in [5, 5.41) is 3.70. The van der Waals surface area contributed by atoms with Gasteiger partial charge in [-0.05, 0) is 20.8 Å². The second-order valence-corrected chi connectivity index (χ2v) is 3.67. The van der Waals surface area contributed by atoms with Crippen LogP contribution in [0.5, 0.6) is 0 Å². The predicted molar refractivity (Wildman–Crippen MR) is 59.6 cm³/mol. The van der Waals surface area contributed by atoms with Gasteiger partial charge in [0.25, 0.3) is 5.91 Å². The van der Waals surface area contributed by atoms with E-state index in [-0.39, 0.29) is 12.5 Å². The Kier molecular flexibility index (Phi) is 4.25. The van der Waals surface area contributed by atoms with Gasteiger partial charge in [-0.2, -0.15) is 0 Å². The highest BCUT2D eigenvalue weighted by Crippen LogP contribution is 2.14. The van der Waals surface area contributed by atoms with Crippen molar-refractivity contribution in [2.75, 3.05) is 20.2 Å². The first-order valence-electron chi connectivity index (χ1n) is 5.31. The molecule has 94 valence electrons. The van der Waals surface area contributed by atoms with E-state index in [9.17, 15) is 9.59 Å². The molecule has 1 rings (SSSR count). The molecular formula is C11H16N2O4. The molecule has 0 aliphatic carbocycles. The lowest BCUT2D eigenvalue weighted by Crippen LogP contribution is -2.33. The van der Waals surface area contributed by atoms with Gasteiger partial charge in [0, 0.05) is 7.05 Å². The topological polar surface area (TPSA) is 72.6 Å². The van der Waals surface area contributed by atoms with Gasteiger partial charge in [0.2, 0.25) is 0 Å². The van der Waals surface area contributed by atoms with Crippen LogP contribution in [0.1, 0.15) is 28.7 Å². The van der Waals surface area contributed by atoms with Gasteiger partial charge in [0.05, 0.1) is 12.3 Å². The Balaban J connectivity index is 2.74. The molecule has 1 amide bonds. The maximum Gasteiger partial charge on any atom is 0.325 e. The molecule has 0 N–H and O–H groups in total. The number of nitrogens with zero attached hydrogens (tertiary/aromatic N) is 2. The first-order valence-corrected chi connectivity index (χ1v) is 5.31. The van der Waals surface area contributed by atoms with Crippen LogP contribution >= 0.6 is 0 Å². The minimum atomic E-state index is -0.435. The van der Waals surface area contributed by atoms with Crippen LogP contribution in [0.25, 0.3) is 0 Å². The number of esters is 1. The van der Waals surface area contributed by atoms with Gasteiger partial charge in [-0.25, -0.2) is 0 Å². The fourth-order valence-electron chi connectivity index (χ4n) is 1.45. The molecule has 0 aliphatic heterocycles. The van der Waals surface area contributed by atoms with Crippen molar-refractivity contribution in [1.29, 1.82) is 0 Å². The maximum absolute atomic E-state index is 12.0. The Morgan fingerprint density at radius 2 is 2.06 bits per heavy atom. The monoisotopic (exact) mass is 240 g/mol. The molecule has 0 aliphatic rings. The first-order chi connectivity index (χ1) is 7.97. The smallest absolute Gasteiger partial charge is 0.325 e. The molecule has 1 aromatic rings. The number of rotatable bonds is 4. The molecule has 17 heavy (non-hydrogen) atoms. The number of aryl methyl sites for hydroxylation is 2. The normalized spacial score (nSPS) is 10.1. The summed E-state index contributed by atoms with van der Waals surface area (Å²) in [6.45, 7) is 5.27. The quantitative estimate of drug-likeness (QED) is 0.732. The Bertz CT molecular complexity index is 406. The molecule has 0 unspecified atom stereocenters. The van der Waals surface area contributed by atoms with Crippen LogP contribution < -0.4 is 0 Å². The largest absolute Gasteiger partial charge is 0.465 e. The van der Waals surface area contributed by atoms with Crippen molar-refractivity contribution in [3.8, 4) is 0 Å². The number of carbonyl (C=O) groups excluding carboxylic acids is 2. The second kappa shape index (κ2) is 5.47. The molecule has 6 heteroatoms. The van der Waals surface area contributed by atoms with Gasteiger partial charge in [-0.15, -0.1) is 0 Å². The molecule has 0 radical (unpaired) electrons. The van der Waals surface area contributed by atoms with Crippen LogP contribution in [0.2, 0.25) is 0 Å². The third-order valence-electron chi connectivity index (χ3n) is 2.27. The zero-order valence-electron chi connectivity index (χ0n) is 10.4. The molecule has 6 nitrogen and oxygen atoms in total. The van der Waals surface area contributed by atoms with Crippen LogP contribution in [0.4, 0.5) is 0 Å². The van der Waals surface area contributed by atoms with Crippen molar-refractivity contribution in [1.82, 2.24) is 10.1 Å². The first kappa shape index (κ1) is 13.2. The third-order valence-corrected chi connectivity index (χ3v) is 2.27. The predicted octanol–water partition coefficient (Wildman–Crippen LogP) is 0.927. The Morgan fingerprint density at radius 3 is 2.53 bits per heavy atom. The summed E-state index contributed by atoms with van der Waals surface area (Å²) in [6, 6.07) is 0. The summed E-state index contributed by atoms with van der Waals surface area (Å²) < 4.78 is 9.67. The van der Waals surface area contributed by atoms with E-state index in [0.717, 1.165) is 0 Å². The maximum atomic E-state index is 12.0. The number of hydrogen-bond donors (Lipinski definition) is 0. The van der Waals surface area contributed by atoms with Gasteiger partial charge in [-0.3, -0.25) is 9.59 Å². The molecule has 0 saturated carbocycles. The van der Waals surface area contributed by atoms with Gasteiger partial charge in [0.15, 0.2) is 0 Å². The minimum absolute atomic E-state index is 0.0866. The van der Waals surface area contributed by atoms with Crippen LogP contribution in [0.3, 0.4) is 0 Å². The van der Waals surface area contributed by atoms with Crippen LogP contribution in [-0.2, 0) is 9.53 Å². The minimum Gasteiger partial charge on any atom is -0.465 e. The number of hydrogen-bond acceptors (Lipinski definition) is 5. The van der Waals surface area contributed by atoms with E-state index in [1.54, 1.807) is 20.8 Å². The van der Waals surface area contributed by atoms with E-state index in [4.69, 9.17) is 9.26 Å². The fraction of sp³-hybridized carbons (Fsp3) is 0.545. The summed E-state index contributed by atoms with van der Waals surface area (Å²) in [6.07, 6.45) is 0. The lowest BCUT2D eigenvalue weighted by atomic mass is 10.2. The molecule has 1 aromatic heterocycles. The van der Waals surface area contributed by atoms with Gasteiger partial charge in [-0.1, -0.05) is 5.16 Å². The van der Waals surface area contributed by atoms with Gasteiger partial charge >= 0.3 is 5.97 Å². The van der Waals surface area contributed by atoms with Gasteiger partial charge < -0.3 is 14.2 Å². The standard InChI is InChI=1S/C11H16N2O4/c1-5-16-9(14)6-13(4)11(15)10-7(2)12-17-8(10)3/h5-6H2,1-4H3. The van der Waals surface area contributed by atoms with E-state index in [1.807, 2.05) is 0 Å². The summed E-state index contributed by atoms with van der Waals surface area (Å²) in [7, 11) is 1.53. The highest BCUT2D eigenvalue weighted by atomic mass is 16.5. The molecule has 0 spiro atoms. The van der Waals surface area contributed by atoms with Crippen molar-refractivity contribution >= 4 is 11.9 Å². The summed E-state index contributed by atoms with van der Waals surface area (Å²) in [5.41, 5.74) is 0.917. The van der Waals surface area contributed by atoms with E-state index in [2.05, 4.69) is 5.16 Å². The lowest BCUT2D eigenvalue weighted by Gasteiger charge is -2.15. The number of aromatic nitrogens is 1. The van der Waals surface area contributed by atoms with Crippen molar-refractivity contribution in [3.63, 3.8) is 0 Å². The van der Waals surface area contributed by atoms with Crippen LogP contribution in [0.15, 0.2) is 4.52 Å². The molecular weight excluding hydrogens is 224 g/mol. The van der Waals surface area contributed by atoms with E-state index < -0.39 is 5.97 Å². The van der Waals surface area contributed by atoms with E-state index in [0.29, 0.717) is 23.6 Å². The molecule has 0 fully saturated rings. The average Bonchev–Trinajstić information content (AvgIpc) is 2.58. The highest BCUT2D eigenvalue weighted by Gasteiger charge is 2.22. The van der Waals surface area contributed by atoms with Gasteiger partial charge in [0.1, 0.15) is 17.9 Å². The zero-order chi connectivity index (χ0) is 13.0. The number of likely N-dealkylation sites (N-methyl/N-ethyl adjacent to an activating group) is 1. The van der Waals surface area contributed by atoms with Crippen LogP contribution in [0, 0.1) is 13.8 Å². The Hall–Kier alpha value is -1.85. The summed E-state index contributed by atoms with van der Waals surface area (Å²) in [5.74, 6) is -0.285. The second-order valence-electron chi connectivity index (χ2n) is 3.67. The molecule has 0 aromatic carbocycles. The summed E-state index contributed by atoms with van der Waals surface area (Å²) in [4.78, 5) is 24.5. The summed E-state index contributed by atoms with van der Waals surface area (Å²) >= 11 is 0. The lowest BCUT2D eigenvalue weighted by molar-refractivity contribution is -0.143. The fourth-order valence-corrected chi connectivity index (χ4v) is 1.45. The Labute approximate surface area is 99.5 Å². The van der Waals surface area contributed by atoms with E-state index in [1.165, 1.54) is 11.9 Å². The molecule has 1 heterocycles. The molecule has 0 atom stereocenters. The SMILES string of the molecule is CCOC(=O)CN(C)C(=O)c1c(C)noc1C. The van der Waals surface area contributed by atoms with Crippen molar-refractivity contribution < 1.29 is 18.8 Å². The molecule has 0 saturated heterocycles. The average molecular weight is 240 g/mol. The van der Waals surface area contributed by atoms with Crippen molar-refractivity contribution in [2.24, 2.45) is 0 Å². The molecule has 0 bridgehead atoms. The number of carbonyl (C=O) groups is 2. The number of amides is 1. The van der Waals surface area contributed by atoms with Crippen molar-refractivity contribution in [2.45, 2.75) is 20.8 Å².